The Bertz CT molecular complexity index is 1270. The van der Waals surface area contributed by atoms with Crippen molar-refractivity contribution in [2.24, 2.45) is 23.7 Å². The van der Waals surface area contributed by atoms with Crippen molar-refractivity contribution in [3.8, 4) is 11.4 Å². The van der Waals surface area contributed by atoms with Gasteiger partial charge in [0.25, 0.3) is 0 Å². The van der Waals surface area contributed by atoms with Gasteiger partial charge in [-0.1, -0.05) is 0 Å². The molecule has 7 rings (SSSR count). The summed E-state index contributed by atoms with van der Waals surface area (Å²) in [5.74, 6) is 1.08. The second-order valence-corrected chi connectivity index (χ2v) is 8.72. The number of aromatic amines is 1. The highest BCUT2D eigenvalue weighted by molar-refractivity contribution is 5.94. The highest BCUT2D eigenvalue weighted by Crippen LogP contribution is 2.49. The van der Waals surface area contributed by atoms with Crippen molar-refractivity contribution in [3.05, 3.63) is 36.9 Å². The number of hydrogen-bond donors (Lipinski definition) is 3. The van der Waals surface area contributed by atoms with Crippen LogP contribution in [0.5, 0.6) is 0 Å². The summed E-state index contributed by atoms with van der Waals surface area (Å²) >= 11 is 0. The van der Waals surface area contributed by atoms with Gasteiger partial charge >= 0.3 is 5.97 Å². The SMILES string of the molecule is O=C(O)[C@H]1C2CCC(CC2)[C@@H]1CNc1nc(-c2c[nH]c3ncccc23)nc2ccoc12. The van der Waals surface area contributed by atoms with Crippen molar-refractivity contribution < 1.29 is 14.3 Å². The molecular formula is C23H23N5O3. The van der Waals surface area contributed by atoms with Gasteiger partial charge in [-0.2, -0.15) is 0 Å². The Hall–Kier alpha value is -3.42. The maximum absolute atomic E-state index is 12.0. The largest absolute Gasteiger partial charge is 0.481 e. The second kappa shape index (κ2) is 7.08. The number of H-pyrrole nitrogens is 1. The van der Waals surface area contributed by atoms with Gasteiger partial charge in [0.1, 0.15) is 11.2 Å². The number of fused-ring (bicyclic) bond motifs is 5. The number of aliphatic carboxylic acids is 1. The van der Waals surface area contributed by atoms with Crippen LogP contribution in [0.2, 0.25) is 0 Å². The van der Waals surface area contributed by atoms with Crippen LogP contribution < -0.4 is 5.32 Å². The third kappa shape index (κ3) is 2.97. The standard InChI is InChI=1S/C23H23N5O3/c29-23(30)18-13-5-3-12(4-6-13)15(18)10-26-22-19-17(7-9-31-19)27-21(28-22)16-11-25-20-14(16)2-1-8-24-20/h1-2,7-9,11-13,15,18H,3-6,10H2,(H,24,25)(H,29,30)(H,26,27,28)/t12?,13?,15-,18-/m0/s1. The van der Waals surface area contributed by atoms with E-state index in [2.05, 4.69) is 20.3 Å². The number of carboxylic acids is 1. The van der Waals surface area contributed by atoms with Gasteiger partial charge in [-0.15, -0.1) is 0 Å². The number of anilines is 1. The smallest absolute Gasteiger partial charge is 0.307 e. The molecule has 0 radical (unpaired) electrons. The summed E-state index contributed by atoms with van der Waals surface area (Å²) in [5.41, 5.74) is 2.96. The van der Waals surface area contributed by atoms with Crippen LogP contribution >= 0.6 is 0 Å². The number of carbonyl (C=O) groups is 1. The van der Waals surface area contributed by atoms with Crippen LogP contribution in [-0.2, 0) is 4.79 Å². The van der Waals surface area contributed by atoms with E-state index in [-0.39, 0.29) is 17.8 Å². The fourth-order valence-electron chi connectivity index (χ4n) is 5.71. The number of aromatic nitrogens is 4. The number of nitrogens with one attached hydrogen (secondary N) is 2. The van der Waals surface area contributed by atoms with Gasteiger partial charge in [-0.05, 0) is 55.6 Å². The Labute approximate surface area is 178 Å². The van der Waals surface area contributed by atoms with Crippen LogP contribution in [-0.4, -0.2) is 37.6 Å². The van der Waals surface area contributed by atoms with E-state index in [9.17, 15) is 9.90 Å². The molecule has 3 aliphatic rings. The minimum Gasteiger partial charge on any atom is -0.481 e. The summed E-state index contributed by atoms with van der Waals surface area (Å²) in [6.45, 7) is 0.569. The lowest BCUT2D eigenvalue weighted by molar-refractivity contribution is -0.151. The molecule has 0 unspecified atom stereocenters. The van der Waals surface area contributed by atoms with Crippen molar-refractivity contribution in [2.45, 2.75) is 25.7 Å². The maximum atomic E-state index is 12.0. The average Bonchev–Trinajstić information content (AvgIpc) is 3.44. The van der Waals surface area contributed by atoms with Crippen molar-refractivity contribution in [2.75, 3.05) is 11.9 Å². The third-order valence-corrected chi connectivity index (χ3v) is 7.18. The first-order valence-electron chi connectivity index (χ1n) is 10.8. The van der Waals surface area contributed by atoms with Crippen LogP contribution in [0.1, 0.15) is 25.7 Å². The molecule has 0 amide bonds. The summed E-state index contributed by atoms with van der Waals surface area (Å²) < 4.78 is 5.66. The summed E-state index contributed by atoms with van der Waals surface area (Å²) in [6.07, 6.45) is 9.52. The predicted molar refractivity (Wildman–Crippen MR) is 115 cm³/mol. The molecule has 3 saturated carbocycles. The van der Waals surface area contributed by atoms with Gasteiger partial charge in [0, 0.05) is 36.0 Å². The quantitative estimate of drug-likeness (QED) is 0.443. The minimum atomic E-state index is -0.668. The van der Waals surface area contributed by atoms with Crippen LogP contribution in [0.3, 0.4) is 0 Å². The first-order chi connectivity index (χ1) is 15.2. The summed E-state index contributed by atoms with van der Waals surface area (Å²) in [4.78, 5) is 29.0. The fourth-order valence-corrected chi connectivity index (χ4v) is 5.71. The number of hydrogen-bond acceptors (Lipinski definition) is 6. The molecule has 8 heteroatoms. The first kappa shape index (κ1) is 18.4. The summed E-state index contributed by atoms with van der Waals surface area (Å²) in [6, 6.07) is 5.70. The molecular weight excluding hydrogens is 394 g/mol. The molecule has 4 heterocycles. The number of nitrogens with zero attached hydrogens (tertiary/aromatic N) is 3. The number of pyridine rings is 1. The molecule has 158 valence electrons. The zero-order chi connectivity index (χ0) is 20.9. The van der Waals surface area contributed by atoms with E-state index >= 15 is 0 Å². The van der Waals surface area contributed by atoms with E-state index in [0.29, 0.717) is 35.2 Å². The van der Waals surface area contributed by atoms with Crippen molar-refractivity contribution in [1.29, 1.82) is 0 Å². The topological polar surface area (TPSA) is 117 Å². The maximum Gasteiger partial charge on any atom is 0.307 e. The molecule has 0 spiro atoms. The third-order valence-electron chi connectivity index (χ3n) is 7.18. The Morgan fingerprint density at radius 3 is 2.87 bits per heavy atom. The zero-order valence-electron chi connectivity index (χ0n) is 16.9. The van der Waals surface area contributed by atoms with Crippen LogP contribution in [0.25, 0.3) is 33.5 Å². The highest BCUT2D eigenvalue weighted by atomic mass is 16.4. The normalized spacial score (nSPS) is 25.3. The molecule has 8 nitrogen and oxygen atoms in total. The van der Waals surface area contributed by atoms with Crippen LogP contribution in [0.15, 0.2) is 41.3 Å². The Morgan fingerprint density at radius 2 is 2.03 bits per heavy atom. The van der Waals surface area contributed by atoms with Gasteiger partial charge in [-0.25, -0.2) is 15.0 Å². The average molecular weight is 417 g/mol. The van der Waals surface area contributed by atoms with Gasteiger partial charge in [0.05, 0.1) is 12.2 Å². The van der Waals surface area contributed by atoms with E-state index in [1.54, 1.807) is 12.5 Å². The van der Waals surface area contributed by atoms with Gasteiger partial charge in [0.15, 0.2) is 17.2 Å². The highest BCUT2D eigenvalue weighted by Gasteiger charge is 2.47. The van der Waals surface area contributed by atoms with Crippen molar-refractivity contribution in [3.63, 3.8) is 0 Å². The molecule has 3 aliphatic carbocycles. The van der Waals surface area contributed by atoms with Crippen LogP contribution in [0.4, 0.5) is 5.82 Å². The molecule has 2 bridgehead atoms. The number of furan rings is 1. The molecule has 4 aromatic heterocycles. The van der Waals surface area contributed by atoms with Crippen LogP contribution in [0, 0.1) is 23.7 Å². The molecule has 31 heavy (non-hydrogen) atoms. The summed E-state index contributed by atoms with van der Waals surface area (Å²) in [5, 5.41) is 14.2. The van der Waals surface area contributed by atoms with Crippen molar-refractivity contribution >= 4 is 33.9 Å². The van der Waals surface area contributed by atoms with Gasteiger partial charge in [0.2, 0.25) is 0 Å². The monoisotopic (exact) mass is 417 g/mol. The van der Waals surface area contributed by atoms with Crippen molar-refractivity contribution in [1.82, 2.24) is 19.9 Å². The Morgan fingerprint density at radius 1 is 1.19 bits per heavy atom. The summed E-state index contributed by atoms with van der Waals surface area (Å²) in [7, 11) is 0. The van der Waals surface area contributed by atoms with E-state index in [0.717, 1.165) is 42.3 Å². The van der Waals surface area contributed by atoms with E-state index in [4.69, 9.17) is 9.40 Å². The Balaban J connectivity index is 1.35. The number of rotatable bonds is 5. The lowest BCUT2D eigenvalue weighted by Gasteiger charge is -2.46. The predicted octanol–water partition coefficient (Wildman–Crippen LogP) is 4.32. The van der Waals surface area contributed by atoms with E-state index < -0.39 is 5.97 Å². The van der Waals surface area contributed by atoms with Gasteiger partial charge < -0.3 is 19.8 Å². The molecule has 0 aliphatic heterocycles. The molecule has 2 atom stereocenters. The molecule has 4 aromatic rings. The Kier molecular flexibility index (Phi) is 4.19. The lowest BCUT2D eigenvalue weighted by Crippen LogP contribution is -2.46. The lowest BCUT2D eigenvalue weighted by atomic mass is 9.58. The minimum absolute atomic E-state index is 0.103. The van der Waals surface area contributed by atoms with E-state index in [1.165, 1.54) is 0 Å². The second-order valence-electron chi connectivity index (χ2n) is 8.72. The first-order valence-corrected chi connectivity index (χ1v) is 10.8. The molecule has 3 N–H and O–H groups in total. The van der Waals surface area contributed by atoms with Gasteiger partial charge in [-0.3, -0.25) is 4.79 Å². The zero-order valence-corrected chi connectivity index (χ0v) is 16.9. The molecule has 0 aromatic carbocycles. The molecule has 0 saturated heterocycles. The molecule has 3 fully saturated rings. The fraction of sp³-hybridized carbons (Fsp3) is 0.391. The van der Waals surface area contributed by atoms with E-state index in [1.807, 2.05) is 24.4 Å². The number of carboxylic acid groups (broad SMARTS) is 1.